The second kappa shape index (κ2) is 10.8. The zero-order valence-electron chi connectivity index (χ0n) is 28.6. The third-order valence-electron chi connectivity index (χ3n) is 15.2. The van der Waals surface area contributed by atoms with Gasteiger partial charge in [-0.15, -0.1) is 0 Å². The van der Waals surface area contributed by atoms with Gasteiger partial charge in [0.1, 0.15) is 6.10 Å². The highest BCUT2D eigenvalue weighted by Crippen LogP contribution is 2.76. The molecule has 0 saturated heterocycles. The third-order valence-corrected chi connectivity index (χ3v) is 15.2. The molecule has 6 heteroatoms. The van der Waals surface area contributed by atoms with Gasteiger partial charge in [0, 0.05) is 13.5 Å². The Balaban J connectivity index is 1.47. The van der Waals surface area contributed by atoms with E-state index in [1.54, 1.807) is 14.0 Å². The maximum absolute atomic E-state index is 12.9. The lowest BCUT2D eigenvalue weighted by atomic mass is 9.33. The van der Waals surface area contributed by atoms with E-state index < -0.39 is 35.8 Å². The molecule has 0 bridgehead atoms. The summed E-state index contributed by atoms with van der Waals surface area (Å²) in [7, 11) is 1.55. The lowest BCUT2D eigenvalue weighted by Crippen LogP contribution is -2.65. The van der Waals surface area contributed by atoms with E-state index in [1.807, 2.05) is 0 Å². The van der Waals surface area contributed by atoms with Crippen molar-refractivity contribution in [3.63, 3.8) is 0 Å². The largest absolute Gasteiger partial charge is 0.481 e. The van der Waals surface area contributed by atoms with Crippen LogP contribution in [0.1, 0.15) is 126 Å². The molecule has 12 atom stereocenters. The fourth-order valence-corrected chi connectivity index (χ4v) is 12.5. The Hall–Kier alpha value is -0.950. The van der Waals surface area contributed by atoms with Crippen molar-refractivity contribution in [3.8, 4) is 0 Å². The Morgan fingerprint density at radius 1 is 0.930 bits per heavy atom. The highest BCUT2D eigenvalue weighted by Gasteiger charge is 2.69. The second-order valence-electron chi connectivity index (χ2n) is 18.0. The van der Waals surface area contributed by atoms with Gasteiger partial charge < -0.3 is 25.2 Å². The van der Waals surface area contributed by atoms with Gasteiger partial charge in [0.15, 0.2) is 0 Å². The van der Waals surface area contributed by atoms with Gasteiger partial charge in [-0.25, -0.2) is 0 Å². The lowest BCUT2D eigenvalue weighted by molar-refractivity contribution is -0.215. The monoisotopic (exact) mass is 602 g/mol. The Morgan fingerprint density at radius 2 is 1.58 bits per heavy atom. The number of aliphatic hydroxyl groups is 3. The molecule has 0 aromatic rings. The molecule has 0 heterocycles. The zero-order chi connectivity index (χ0) is 32.0. The van der Waals surface area contributed by atoms with Crippen LogP contribution < -0.4 is 0 Å². The molecule has 5 aliphatic carbocycles. The summed E-state index contributed by atoms with van der Waals surface area (Å²) in [5.74, 6) is 0.455. The van der Waals surface area contributed by atoms with E-state index in [1.165, 1.54) is 5.57 Å². The van der Waals surface area contributed by atoms with E-state index in [4.69, 9.17) is 4.74 Å². The number of aliphatic carboxylic acids is 1. The van der Waals surface area contributed by atoms with Crippen LogP contribution in [0.15, 0.2) is 11.6 Å². The van der Waals surface area contributed by atoms with Crippen molar-refractivity contribution in [2.45, 2.75) is 150 Å². The molecule has 0 aromatic heterocycles. The summed E-state index contributed by atoms with van der Waals surface area (Å²) in [5.41, 5.74) is 1.05. The fourth-order valence-electron chi connectivity index (χ4n) is 12.5. The summed E-state index contributed by atoms with van der Waals surface area (Å²) in [5, 5.41) is 43.1. The van der Waals surface area contributed by atoms with Crippen LogP contribution >= 0.6 is 0 Å². The Kier molecular flexibility index (Phi) is 8.40. The van der Waals surface area contributed by atoms with Gasteiger partial charge in [0.05, 0.1) is 23.7 Å². The predicted octanol–water partition coefficient (Wildman–Crippen LogP) is 7.00. The average molecular weight is 603 g/mol. The summed E-state index contributed by atoms with van der Waals surface area (Å²) in [4.78, 5) is 12.9. The first-order valence-corrected chi connectivity index (χ1v) is 17.3. The number of carbonyl (C=O) groups is 1. The second-order valence-corrected chi connectivity index (χ2v) is 18.0. The van der Waals surface area contributed by atoms with E-state index in [0.717, 1.165) is 64.2 Å². The van der Waals surface area contributed by atoms with Crippen LogP contribution in [0.4, 0.5) is 0 Å². The normalized spacial score (nSPS) is 46.1. The number of methoxy groups -OCH3 is 1. The summed E-state index contributed by atoms with van der Waals surface area (Å²) in [6.07, 6.45) is 9.21. The maximum atomic E-state index is 12.9. The molecular weight excluding hydrogens is 540 g/mol. The zero-order valence-corrected chi connectivity index (χ0v) is 28.6. The number of allylic oxidation sites excluding steroid dienone is 2. The predicted molar refractivity (Wildman–Crippen MR) is 169 cm³/mol. The highest BCUT2D eigenvalue weighted by atomic mass is 16.5. The summed E-state index contributed by atoms with van der Waals surface area (Å²) < 4.78 is 5.68. The molecule has 5 aliphatic rings. The number of fused-ring (bicyclic) bond motifs is 7. The summed E-state index contributed by atoms with van der Waals surface area (Å²) in [6.45, 7) is 18.6. The topological polar surface area (TPSA) is 107 Å². The molecule has 0 aromatic carbocycles. The van der Waals surface area contributed by atoms with Crippen molar-refractivity contribution in [1.82, 2.24) is 0 Å². The number of hydrogen-bond donors (Lipinski definition) is 4. The van der Waals surface area contributed by atoms with Crippen molar-refractivity contribution < 1.29 is 30.0 Å². The van der Waals surface area contributed by atoms with Gasteiger partial charge in [0.2, 0.25) is 0 Å². The highest BCUT2D eigenvalue weighted by molar-refractivity contribution is 5.76. The molecule has 0 radical (unpaired) electrons. The molecule has 43 heavy (non-hydrogen) atoms. The van der Waals surface area contributed by atoms with Crippen LogP contribution in [0.3, 0.4) is 0 Å². The SMILES string of the molecule is CO[C@H](C(O)C[C@H](C)O)[C@H](O)[C@H]1CC[C@@]2(C)C(CC[C@]3(C)C2CC=C2C4CC(C)(C)CC[C@]4(C(=O)O)CC[C@]23C)C1(C)C. The number of carboxylic acid groups (broad SMARTS) is 1. The Labute approximate surface area is 261 Å². The number of aliphatic hydroxyl groups excluding tert-OH is 3. The molecule has 4 saturated carbocycles. The quantitative estimate of drug-likeness (QED) is 0.234. The lowest BCUT2D eigenvalue weighted by Gasteiger charge is -2.71. The van der Waals surface area contributed by atoms with Gasteiger partial charge in [-0.2, -0.15) is 0 Å². The summed E-state index contributed by atoms with van der Waals surface area (Å²) >= 11 is 0. The molecule has 0 amide bonds. The molecule has 4 unspecified atom stereocenters. The van der Waals surface area contributed by atoms with Gasteiger partial charge in [-0.1, -0.05) is 60.1 Å². The fraction of sp³-hybridized carbons (Fsp3) is 0.919. The van der Waals surface area contributed by atoms with Crippen LogP contribution in [-0.2, 0) is 9.53 Å². The smallest absolute Gasteiger partial charge is 0.310 e. The third kappa shape index (κ3) is 4.81. The van der Waals surface area contributed by atoms with Gasteiger partial charge >= 0.3 is 5.97 Å². The molecule has 6 nitrogen and oxygen atoms in total. The minimum Gasteiger partial charge on any atom is -0.481 e. The van der Waals surface area contributed by atoms with E-state index >= 15 is 0 Å². The molecule has 0 aliphatic heterocycles. The van der Waals surface area contributed by atoms with Gasteiger partial charge in [0.25, 0.3) is 0 Å². The van der Waals surface area contributed by atoms with E-state index in [-0.39, 0.29) is 45.3 Å². The van der Waals surface area contributed by atoms with Crippen LogP contribution in [0.5, 0.6) is 0 Å². The Morgan fingerprint density at radius 3 is 2.19 bits per heavy atom. The first kappa shape index (κ1) is 33.4. The van der Waals surface area contributed by atoms with E-state index in [2.05, 4.69) is 54.5 Å². The first-order valence-electron chi connectivity index (χ1n) is 17.3. The molecule has 246 valence electrons. The average Bonchev–Trinajstić information content (AvgIpc) is 2.88. The number of carboxylic acids is 1. The van der Waals surface area contributed by atoms with Crippen LogP contribution in [0, 0.1) is 56.2 Å². The van der Waals surface area contributed by atoms with Crippen molar-refractivity contribution >= 4 is 5.97 Å². The standard InChI is InChI=1S/C37H62O6/c1-22(38)20-26(39)30(43-9)29(40)24-12-14-34(6)27(33(24,4)5)13-15-36(8)28(34)11-10-23-25-21-32(2,3)16-18-37(25,31(41)42)19-17-35(23,36)7/h10,22,24-30,38-40H,11-21H2,1-9H3,(H,41,42)/t22-,24+,25?,26?,27?,28?,29+,30+,34-,35+,36+,37-/m0/s1. The van der Waals surface area contributed by atoms with Crippen molar-refractivity contribution in [3.05, 3.63) is 11.6 Å². The molecule has 4 fully saturated rings. The minimum atomic E-state index is -0.922. The number of ether oxygens (including phenoxy) is 1. The van der Waals surface area contributed by atoms with Crippen molar-refractivity contribution in [2.75, 3.05) is 7.11 Å². The maximum Gasteiger partial charge on any atom is 0.310 e. The van der Waals surface area contributed by atoms with Crippen molar-refractivity contribution in [2.24, 2.45) is 56.2 Å². The van der Waals surface area contributed by atoms with Gasteiger partial charge in [-0.05, 0) is 122 Å². The van der Waals surface area contributed by atoms with E-state index in [0.29, 0.717) is 11.8 Å². The van der Waals surface area contributed by atoms with E-state index in [9.17, 15) is 25.2 Å². The van der Waals surface area contributed by atoms with Crippen LogP contribution in [0.25, 0.3) is 0 Å². The van der Waals surface area contributed by atoms with Gasteiger partial charge in [-0.3, -0.25) is 4.79 Å². The van der Waals surface area contributed by atoms with Crippen LogP contribution in [0.2, 0.25) is 0 Å². The summed E-state index contributed by atoms with van der Waals surface area (Å²) in [6, 6.07) is 0. The van der Waals surface area contributed by atoms with Crippen LogP contribution in [-0.4, -0.2) is 57.9 Å². The number of hydrogen-bond acceptors (Lipinski definition) is 5. The minimum absolute atomic E-state index is 0.00627. The first-order chi connectivity index (χ1) is 19.8. The van der Waals surface area contributed by atoms with Crippen molar-refractivity contribution in [1.29, 1.82) is 0 Å². The number of rotatable bonds is 7. The molecule has 5 rings (SSSR count). The molecular formula is C37H62O6. The Bertz CT molecular complexity index is 1110. The molecule has 4 N–H and O–H groups in total. The molecule has 0 spiro atoms.